The number of hydrogen-bond donors (Lipinski definition) is 2. The van der Waals surface area contributed by atoms with Crippen molar-refractivity contribution >= 4 is 21.8 Å². The second-order valence-electron chi connectivity index (χ2n) is 4.01. The van der Waals surface area contributed by atoms with Gasteiger partial charge in [-0.15, -0.1) is 0 Å². The molecule has 4 nitrogen and oxygen atoms in total. The van der Waals surface area contributed by atoms with Crippen molar-refractivity contribution in [1.29, 1.82) is 0 Å². The number of sulfonamides is 1. The smallest absolute Gasteiger partial charge is 0.241 e. The van der Waals surface area contributed by atoms with Crippen LogP contribution in [0.15, 0.2) is 23.1 Å². The molecular weight excluding hydrogens is 289 g/mol. The summed E-state index contributed by atoms with van der Waals surface area (Å²) in [5, 5.41) is 9.10. The monoisotopic (exact) mass is 307 g/mol. The lowest BCUT2D eigenvalue weighted by atomic mass is 10.2. The van der Waals surface area contributed by atoms with Gasteiger partial charge in [-0.05, 0) is 42.5 Å². The molecule has 0 heterocycles. The maximum absolute atomic E-state index is 13.1. The summed E-state index contributed by atoms with van der Waals surface area (Å²) in [6.45, 7) is -0.132. The minimum atomic E-state index is -3.77. The zero-order chi connectivity index (χ0) is 14.3. The van der Waals surface area contributed by atoms with Gasteiger partial charge in [-0.2, -0.15) is 11.8 Å². The van der Waals surface area contributed by atoms with Crippen molar-refractivity contribution < 1.29 is 17.9 Å². The largest absolute Gasteiger partial charge is 0.392 e. The number of benzene rings is 1. The zero-order valence-corrected chi connectivity index (χ0v) is 12.4. The van der Waals surface area contributed by atoms with Crippen molar-refractivity contribution in [3.8, 4) is 0 Å². The number of hydrogen-bond acceptors (Lipinski definition) is 4. The normalized spacial score (nSPS) is 11.7. The van der Waals surface area contributed by atoms with Crippen LogP contribution in [0, 0.1) is 5.82 Å². The van der Waals surface area contributed by atoms with Crippen LogP contribution >= 0.6 is 11.8 Å². The second kappa shape index (κ2) is 7.84. The maximum Gasteiger partial charge on any atom is 0.241 e. The molecule has 0 aromatic heterocycles. The molecule has 1 aromatic rings. The van der Waals surface area contributed by atoms with E-state index in [9.17, 15) is 12.8 Å². The van der Waals surface area contributed by atoms with Gasteiger partial charge >= 0.3 is 0 Å². The number of unbranched alkanes of at least 4 members (excludes halogenated alkanes) is 1. The quantitative estimate of drug-likeness (QED) is 0.718. The van der Waals surface area contributed by atoms with E-state index in [-0.39, 0.29) is 10.5 Å². The fourth-order valence-electron chi connectivity index (χ4n) is 1.56. The van der Waals surface area contributed by atoms with Crippen molar-refractivity contribution in [2.24, 2.45) is 0 Å². The first kappa shape index (κ1) is 16.4. The van der Waals surface area contributed by atoms with Crippen LogP contribution in [-0.4, -0.2) is 32.1 Å². The number of aliphatic hydroxyl groups is 1. The third kappa shape index (κ3) is 5.10. The van der Waals surface area contributed by atoms with Gasteiger partial charge in [-0.3, -0.25) is 0 Å². The molecular formula is C12H18FNO3S2. The summed E-state index contributed by atoms with van der Waals surface area (Å²) in [5.41, 5.74) is 0.193. The number of thioether (sulfide) groups is 1. The molecule has 0 bridgehead atoms. The van der Waals surface area contributed by atoms with E-state index in [1.807, 2.05) is 6.26 Å². The highest BCUT2D eigenvalue weighted by molar-refractivity contribution is 7.98. The topological polar surface area (TPSA) is 66.4 Å². The van der Waals surface area contributed by atoms with Gasteiger partial charge in [-0.25, -0.2) is 17.5 Å². The van der Waals surface area contributed by atoms with Gasteiger partial charge in [0.25, 0.3) is 0 Å². The molecule has 19 heavy (non-hydrogen) atoms. The highest BCUT2D eigenvalue weighted by atomic mass is 32.2. The standard InChI is InChI=1S/C12H18FNO3S2/c1-18-7-3-2-6-14-19(16,17)12-8-11(13)5-4-10(12)9-15/h4-5,8,14-15H,2-3,6-7,9H2,1H3. The van der Waals surface area contributed by atoms with Crippen molar-refractivity contribution in [2.45, 2.75) is 24.3 Å². The van der Waals surface area contributed by atoms with Crippen molar-refractivity contribution in [2.75, 3.05) is 18.6 Å². The molecule has 1 rings (SSSR count). The molecule has 0 saturated heterocycles. The Labute approximate surface area is 117 Å². The van der Waals surface area contributed by atoms with E-state index in [1.165, 1.54) is 6.07 Å². The molecule has 0 fully saturated rings. The third-order valence-corrected chi connectivity index (χ3v) is 4.80. The van der Waals surface area contributed by atoms with E-state index < -0.39 is 22.4 Å². The van der Waals surface area contributed by atoms with E-state index in [4.69, 9.17) is 5.11 Å². The molecule has 0 spiro atoms. The Bertz CT molecular complexity index is 506. The number of nitrogens with one attached hydrogen (secondary N) is 1. The summed E-state index contributed by atoms with van der Waals surface area (Å²) in [6.07, 6.45) is 3.63. The summed E-state index contributed by atoms with van der Waals surface area (Å²) in [5.74, 6) is 0.337. The summed E-state index contributed by atoms with van der Waals surface area (Å²) < 4.78 is 39.6. The molecule has 0 aliphatic carbocycles. The summed E-state index contributed by atoms with van der Waals surface area (Å²) in [4.78, 5) is -0.195. The Balaban J connectivity index is 2.74. The van der Waals surface area contributed by atoms with Crippen LogP contribution in [0.25, 0.3) is 0 Å². The Morgan fingerprint density at radius 2 is 2.11 bits per heavy atom. The molecule has 0 radical (unpaired) electrons. The van der Waals surface area contributed by atoms with Gasteiger partial charge in [0.05, 0.1) is 11.5 Å². The molecule has 108 valence electrons. The highest BCUT2D eigenvalue weighted by Crippen LogP contribution is 2.17. The lowest BCUT2D eigenvalue weighted by molar-refractivity contribution is 0.278. The Kier molecular flexibility index (Phi) is 6.78. The maximum atomic E-state index is 13.1. The summed E-state index contributed by atoms with van der Waals surface area (Å²) in [7, 11) is -3.77. The fraction of sp³-hybridized carbons (Fsp3) is 0.500. The molecule has 0 amide bonds. The van der Waals surface area contributed by atoms with Gasteiger partial charge in [-0.1, -0.05) is 6.07 Å². The molecule has 0 atom stereocenters. The van der Waals surface area contributed by atoms with E-state index in [0.29, 0.717) is 6.54 Å². The molecule has 0 unspecified atom stereocenters. The van der Waals surface area contributed by atoms with Crippen LogP contribution in [0.4, 0.5) is 4.39 Å². The van der Waals surface area contributed by atoms with E-state index in [1.54, 1.807) is 11.8 Å². The van der Waals surface area contributed by atoms with Crippen molar-refractivity contribution in [1.82, 2.24) is 4.72 Å². The van der Waals surface area contributed by atoms with Crippen LogP contribution in [0.3, 0.4) is 0 Å². The predicted molar refractivity (Wildman–Crippen MR) is 75.1 cm³/mol. The van der Waals surface area contributed by atoms with E-state index >= 15 is 0 Å². The van der Waals surface area contributed by atoms with Crippen LogP contribution in [0.2, 0.25) is 0 Å². The van der Waals surface area contributed by atoms with Gasteiger partial charge in [0.1, 0.15) is 5.82 Å². The Morgan fingerprint density at radius 1 is 1.37 bits per heavy atom. The van der Waals surface area contributed by atoms with E-state index in [0.717, 1.165) is 30.7 Å². The van der Waals surface area contributed by atoms with Crippen molar-refractivity contribution in [3.63, 3.8) is 0 Å². The molecule has 0 aliphatic rings. The fourth-order valence-corrected chi connectivity index (χ4v) is 3.37. The lowest BCUT2D eigenvalue weighted by Gasteiger charge is -2.10. The summed E-state index contributed by atoms with van der Waals surface area (Å²) >= 11 is 1.70. The van der Waals surface area contributed by atoms with Crippen LogP contribution < -0.4 is 4.72 Å². The first-order chi connectivity index (χ1) is 9.01. The zero-order valence-electron chi connectivity index (χ0n) is 10.7. The third-order valence-electron chi connectivity index (χ3n) is 2.56. The van der Waals surface area contributed by atoms with Crippen molar-refractivity contribution in [3.05, 3.63) is 29.6 Å². The SMILES string of the molecule is CSCCCCNS(=O)(=O)c1cc(F)ccc1CO. The number of aliphatic hydroxyl groups excluding tert-OH is 1. The molecule has 0 aliphatic heterocycles. The number of rotatable bonds is 8. The molecule has 2 N–H and O–H groups in total. The second-order valence-corrected chi connectivity index (χ2v) is 6.73. The minimum Gasteiger partial charge on any atom is -0.392 e. The van der Waals surface area contributed by atoms with Gasteiger partial charge in [0, 0.05) is 6.54 Å². The molecule has 1 aromatic carbocycles. The van der Waals surface area contributed by atoms with Crippen LogP contribution in [0.5, 0.6) is 0 Å². The average Bonchev–Trinajstić information content (AvgIpc) is 2.38. The predicted octanol–water partition coefficient (Wildman–Crippen LogP) is 1.74. The van der Waals surface area contributed by atoms with E-state index in [2.05, 4.69) is 4.72 Å². The summed E-state index contributed by atoms with van der Waals surface area (Å²) in [6, 6.07) is 3.33. The lowest BCUT2D eigenvalue weighted by Crippen LogP contribution is -2.26. The first-order valence-electron chi connectivity index (χ1n) is 5.89. The first-order valence-corrected chi connectivity index (χ1v) is 8.77. The van der Waals surface area contributed by atoms with Gasteiger partial charge < -0.3 is 5.11 Å². The minimum absolute atomic E-state index is 0.193. The molecule has 7 heteroatoms. The Hall–Kier alpha value is -0.630. The average molecular weight is 307 g/mol. The van der Waals surface area contributed by atoms with Gasteiger partial charge in [0.15, 0.2) is 0 Å². The van der Waals surface area contributed by atoms with Gasteiger partial charge in [0.2, 0.25) is 10.0 Å². The highest BCUT2D eigenvalue weighted by Gasteiger charge is 2.18. The van der Waals surface area contributed by atoms with Crippen LogP contribution in [0.1, 0.15) is 18.4 Å². The molecule has 0 saturated carbocycles. The van der Waals surface area contributed by atoms with Crippen LogP contribution in [-0.2, 0) is 16.6 Å². The Morgan fingerprint density at radius 3 is 2.74 bits per heavy atom. The number of halogens is 1.